The Morgan fingerprint density at radius 2 is 1.82 bits per heavy atom. The number of piperidine rings is 1. The number of nitrogens with two attached hydrogens (primary N) is 1. The van der Waals surface area contributed by atoms with Gasteiger partial charge in [-0.3, -0.25) is 14.6 Å². The summed E-state index contributed by atoms with van der Waals surface area (Å²) in [6, 6.07) is 15.4. The predicted molar refractivity (Wildman–Crippen MR) is 145 cm³/mol. The molecule has 3 aromatic rings. The first-order chi connectivity index (χ1) is 18.3. The molecule has 9 nitrogen and oxygen atoms in total. The summed E-state index contributed by atoms with van der Waals surface area (Å²) in [6.45, 7) is 4.93. The average molecular weight is 510 g/mol. The van der Waals surface area contributed by atoms with Crippen LogP contribution < -0.4 is 16.0 Å². The minimum absolute atomic E-state index is 0.00182. The largest absolute Gasteiger partial charge is 0.363 e. The summed E-state index contributed by atoms with van der Waals surface area (Å²) in [5.74, 6) is 0.584. The molecule has 2 amide bonds. The Bertz CT molecular complexity index is 1370. The van der Waals surface area contributed by atoms with E-state index in [4.69, 9.17) is 11.0 Å². The molecule has 3 N–H and O–H groups in total. The lowest BCUT2D eigenvalue weighted by Gasteiger charge is -2.39. The average Bonchev–Trinajstić information content (AvgIpc) is 2.93. The number of hydrogen-bond acceptors (Lipinski definition) is 7. The van der Waals surface area contributed by atoms with Crippen molar-refractivity contribution in [2.45, 2.75) is 51.2 Å². The van der Waals surface area contributed by atoms with Crippen molar-refractivity contribution in [1.29, 1.82) is 5.26 Å². The number of benzene rings is 1. The number of hydrogen-bond donors (Lipinski definition) is 2. The van der Waals surface area contributed by atoms with Crippen LogP contribution in [0, 0.1) is 11.3 Å². The molecule has 0 spiro atoms. The summed E-state index contributed by atoms with van der Waals surface area (Å²) in [5, 5.41) is 12.6. The summed E-state index contributed by atoms with van der Waals surface area (Å²) in [5.41, 5.74) is 10.5. The lowest BCUT2D eigenvalue weighted by Crippen LogP contribution is -2.43. The zero-order valence-electron chi connectivity index (χ0n) is 21.6. The van der Waals surface area contributed by atoms with Gasteiger partial charge in [-0.05, 0) is 67.6 Å². The molecular formula is C29H31N7O2. The number of amides is 2. The van der Waals surface area contributed by atoms with Gasteiger partial charge in [0, 0.05) is 55.7 Å². The second-order valence-corrected chi connectivity index (χ2v) is 10.0. The minimum atomic E-state index is -0.0877. The Labute approximate surface area is 222 Å². The molecule has 1 aromatic carbocycles. The molecule has 2 atom stereocenters. The Kier molecular flexibility index (Phi) is 7.07. The molecule has 0 bridgehead atoms. The fourth-order valence-corrected chi connectivity index (χ4v) is 5.34. The number of nitriles is 1. The van der Waals surface area contributed by atoms with Crippen LogP contribution in [0.4, 0.5) is 11.5 Å². The van der Waals surface area contributed by atoms with E-state index in [2.05, 4.69) is 27.4 Å². The van der Waals surface area contributed by atoms with Crippen molar-refractivity contribution < 1.29 is 9.59 Å². The fourth-order valence-electron chi connectivity index (χ4n) is 5.34. The Morgan fingerprint density at radius 1 is 1.05 bits per heavy atom. The second-order valence-electron chi connectivity index (χ2n) is 10.0. The molecule has 2 aromatic heterocycles. The summed E-state index contributed by atoms with van der Waals surface area (Å²) in [4.78, 5) is 37.9. The van der Waals surface area contributed by atoms with Crippen LogP contribution in [0.15, 0.2) is 54.9 Å². The molecule has 9 heteroatoms. The Hall–Kier alpha value is -4.29. The van der Waals surface area contributed by atoms with Gasteiger partial charge in [-0.25, -0.2) is 4.98 Å². The van der Waals surface area contributed by atoms with Crippen LogP contribution in [0.5, 0.6) is 0 Å². The third-order valence-electron chi connectivity index (χ3n) is 7.38. The van der Waals surface area contributed by atoms with E-state index in [9.17, 15) is 9.59 Å². The van der Waals surface area contributed by atoms with Gasteiger partial charge >= 0.3 is 0 Å². The van der Waals surface area contributed by atoms with E-state index in [0.29, 0.717) is 36.6 Å². The normalized spacial score (nSPS) is 19.4. The molecule has 194 valence electrons. The van der Waals surface area contributed by atoms with Gasteiger partial charge in [0.2, 0.25) is 5.91 Å². The number of nitrogens with zero attached hydrogens (tertiary/aromatic N) is 5. The van der Waals surface area contributed by atoms with Crippen molar-refractivity contribution in [3.8, 4) is 17.2 Å². The molecule has 1 saturated heterocycles. The van der Waals surface area contributed by atoms with Crippen molar-refractivity contribution in [3.05, 3.63) is 71.7 Å². The van der Waals surface area contributed by atoms with Crippen LogP contribution in [0.25, 0.3) is 11.1 Å². The lowest BCUT2D eigenvalue weighted by molar-refractivity contribution is -0.117. The van der Waals surface area contributed by atoms with Crippen LogP contribution in [0.2, 0.25) is 0 Å². The predicted octanol–water partition coefficient (Wildman–Crippen LogP) is 3.88. The van der Waals surface area contributed by atoms with Crippen molar-refractivity contribution in [2.75, 3.05) is 23.3 Å². The standard InChI is InChI=1S/C29H31N7O2/c1-18-13-26(34-28-8-3-20(15-30)16-33-28)24-14-21(5-7-27(24)36(18)19(2)37)22-4-6-25(32-17-22)29(38)35-11-9-23(31)10-12-35/h3-8,14,16-18,23,26H,9-13,31H2,1-2H3,(H,33,34). The zero-order valence-corrected chi connectivity index (χ0v) is 21.6. The van der Waals surface area contributed by atoms with Crippen LogP contribution in [-0.4, -0.2) is 51.9 Å². The monoisotopic (exact) mass is 509 g/mol. The first kappa shape index (κ1) is 25.4. The summed E-state index contributed by atoms with van der Waals surface area (Å²) < 4.78 is 0. The Balaban J connectivity index is 1.43. The SMILES string of the molecule is CC(=O)N1c2ccc(-c3ccc(C(=O)N4CCC(N)CC4)nc3)cc2C(Nc2ccc(C#N)cn2)CC1C. The van der Waals surface area contributed by atoms with Gasteiger partial charge in [0.05, 0.1) is 11.6 Å². The molecular weight excluding hydrogens is 478 g/mol. The number of nitrogens with one attached hydrogen (secondary N) is 1. The first-order valence-electron chi connectivity index (χ1n) is 12.9. The van der Waals surface area contributed by atoms with E-state index >= 15 is 0 Å². The quantitative estimate of drug-likeness (QED) is 0.546. The number of carbonyl (C=O) groups is 2. The van der Waals surface area contributed by atoms with Crippen molar-refractivity contribution in [3.63, 3.8) is 0 Å². The van der Waals surface area contributed by atoms with E-state index in [0.717, 1.165) is 35.2 Å². The molecule has 0 radical (unpaired) electrons. The van der Waals surface area contributed by atoms with Crippen LogP contribution in [0.3, 0.4) is 0 Å². The lowest BCUT2D eigenvalue weighted by atomic mass is 9.89. The molecule has 0 aliphatic carbocycles. The number of likely N-dealkylation sites (tertiary alicyclic amines) is 1. The van der Waals surface area contributed by atoms with Gasteiger partial charge in [0.1, 0.15) is 17.6 Å². The van der Waals surface area contributed by atoms with Gasteiger partial charge in [-0.2, -0.15) is 5.26 Å². The highest BCUT2D eigenvalue weighted by atomic mass is 16.2. The van der Waals surface area contributed by atoms with Gasteiger partial charge in [0.25, 0.3) is 5.91 Å². The van der Waals surface area contributed by atoms with Crippen LogP contribution in [-0.2, 0) is 4.79 Å². The maximum Gasteiger partial charge on any atom is 0.272 e. The van der Waals surface area contributed by atoms with Gasteiger partial charge < -0.3 is 20.9 Å². The summed E-state index contributed by atoms with van der Waals surface area (Å²) >= 11 is 0. The minimum Gasteiger partial charge on any atom is -0.363 e. The molecule has 2 aliphatic rings. The zero-order chi connectivity index (χ0) is 26.8. The number of rotatable bonds is 4. The van der Waals surface area contributed by atoms with E-state index in [1.165, 1.54) is 0 Å². The Morgan fingerprint density at radius 3 is 2.45 bits per heavy atom. The fraction of sp³-hybridized carbons (Fsp3) is 0.345. The molecule has 2 unspecified atom stereocenters. The molecule has 5 rings (SSSR count). The summed E-state index contributed by atoms with van der Waals surface area (Å²) in [6.07, 6.45) is 5.58. The first-order valence-corrected chi connectivity index (χ1v) is 12.9. The number of carbonyl (C=O) groups excluding carboxylic acids is 2. The number of anilines is 2. The van der Waals surface area contributed by atoms with E-state index in [1.807, 2.05) is 34.9 Å². The molecule has 38 heavy (non-hydrogen) atoms. The summed E-state index contributed by atoms with van der Waals surface area (Å²) in [7, 11) is 0. The smallest absolute Gasteiger partial charge is 0.272 e. The van der Waals surface area contributed by atoms with E-state index in [1.54, 1.807) is 37.5 Å². The second kappa shape index (κ2) is 10.6. The van der Waals surface area contributed by atoms with Gasteiger partial charge in [-0.1, -0.05) is 12.1 Å². The molecule has 1 fully saturated rings. The maximum absolute atomic E-state index is 12.9. The highest BCUT2D eigenvalue weighted by molar-refractivity contribution is 5.95. The highest BCUT2D eigenvalue weighted by Gasteiger charge is 2.33. The van der Waals surface area contributed by atoms with Gasteiger partial charge in [0.15, 0.2) is 0 Å². The van der Waals surface area contributed by atoms with Gasteiger partial charge in [-0.15, -0.1) is 0 Å². The number of aromatic nitrogens is 2. The van der Waals surface area contributed by atoms with E-state index < -0.39 is 0 Å². The van der Waals surface area contributed by atoms with Crippen molar-refractivity contribution in [1.82, 2.24) is 14.9 Å². The van der Waals surface area contributed by atoms with Crippen LogP contribution >= 0.6 is 0 Å². The molecule has 4 heterocycles. The third kappa shape index (κ3) is 5.08. The van der Waals surface area contributed by atoms with Crippen molar-refractivity contribution >= 4 is 23.3 Å². The highest BCUT2D eigenvalue weighted by Crippen LogP contribution is 2.41. The molecule has 2 aliphatic heterocycles. The van der Waals surface area contributed by atoms with Crippen molar-refractivity contribution in [2.24, 2.45) is 5.73 Å². The maximum atomic E-state index is 12.9. The topological polar surface area (TPSA) is 128 Å². The third-order valence-corrected chi connectivity index (χ3v) is 7.38. The van der Waals surface area contributed by atoms with E-state index in [-0.39, 0.29) is 29.9 Å². The number of fused-ring (bicyclic) bond motifs is 1. The van der Waals surface area contributed by atoms with Crippen LogP contribution in [0.1, 0.15) is 60.8 Å². The number of pyridine rings is 2. The molecule has 0 saturated carbocycles.